The predicted octanol–water partition coefficient (Wildman–Crippen LogP) is 15.2. The Morgan fingerprint density at radius 1 is 0.341 bits per heavy atom. The van der Waals surface area contributed by atoms with E-state index in [0.29, 0.717) is 0 Å². The molecule has 0 aromatic carbocycles. The molecule has 0 aliphatic heterocycles. The summed E-state index contributed by atoms with van der Waals surface area (Å²) in [6, 6.07) is 0. The van der Waals surface area contributed by atoms with Crippen LogP contribution in [0.5, 0.6) is 0 Å². The largest absolute Gasteiger partial charge is 0.350 e. The minimum absolute atomic E-state index is 1.05. The van der Waals surface area contributed by atoms with Gasteiger partial charge in [0.2, 0.25) is 0 Å². The highest BCUT2D eigenvalue weighted by molar-refractivity contribution is 8.98. The maximum Gasteiger partial charge on any atom is 0.172 e. The van der Waals surface area contributed by atoms with Crippen molar-refractivity contribution in [3.8, 4) is 0 Å². The fourth-order valence-corrected chi connectivity index (χ4v) is 12.6. The molecule has 0 saturated heterocycles. The molecule has 0 rings (SSSR count). The van der Waals surface area contributed by atoms with Crippen LogP contribution in [0, 0.1) is 0 Å². The van der Waals surface area contributed by atoms with E-state index >= 15 is 0 Å². The summed E-state index contributed by atoms with van der Waals surface area (Å²) < 4.78 is -2.21. The molecule has 0 atom stereocenters. The Bertz CT molecular complexity index is 489. The summed E-state index contributed by atoms with van der Waals surface area (Å²) in [6.07, 6.45) is 45.1. The van der Waals surface area contributed by atoms with Gasteiger partial charge in [-0.3, -0.25) is 0 Å². The summed E-state index contributed by atoms with van der Waals surface area (Å²) in [5.74, 6) is 2.11. The molecule has 0 aliphatic rings. The van der Waals surface area contributed by atoms with E-state index in [1.54, 1.807) is 22.8 Å². The fourth-order valence-electron chi connectivity index (χ4n) is 5.70. The topological polar surface area (TPSA) is 20.2 Å². The molecule has 0 fully saturated rings. The van der Waals surface area contributed by atoms with Gasteiger partial charge in [-0.2, -0.15) is 0 Å². The van der Waals surface area contributed by atoms with Gasteiger partial charge >= 0.3 is 0 Å². The minimum atomic E-state index is -2.21. The standard InChI is InChI=1S/C36H75OPS3/c1-3-5-7-9-11-13-15-17-19-21-23-25-27-29-31-33-35-40-38(37,39)41-36-34-32-30-28-26-24-22-20-18-16-14-12-10-8-6-4-2/h3-36H2,1-2H3,(H,37,39). The maximum atomic E-state index is 10.6. The summed E-state index contributed by atoms with van der Waals surface area (Å²) in [7, 11) is 0. The van der Waals surface area contributed by atoms with Crippen molar-refractivity contribution in [2.24, 2.45) is 0 Å². The maximum absolute atomic E-state index is 10.6. The van der Waals surface area contributed by atoms with Gasteiger partial charge in [0.05, 0.1) is 0 Å². The molecular weight excluding hydrogens is 576 g/mol. The molecule has 0 aromatic heterocycles. The molecule has 1 nitrogen and oxygen atoms in total. The summed E-state index contributed by atoms with van der Waals surface area (Å²) in [4.78, 5) is 10.6. The molecule has 0 spiro atoms. The third kappa shape index (κ3) is 37.4. The molecule has 5 heteroatoms. The van der Waals surface area contributed by atoms with Crippen LogP contribution in [0.2, 0.25) is 0 Å². The molecule has 0 aliphatic carbocycles. The number of hydrogen-bond acceptors (Lipinski definition) is 3. The molecule has 0 radical (unpaired) electrons. The van der Waals surface area contributed by atoms with Crippen molar-refractivity contribution in [1.29, 1.82) is 0 Å². The summed E-state index contributed by atoms with van der Waals surface area (Å²) in [6.45, 7) is 4.59. The molecule has 0 amide bonds. The van der Waals surface area contributed by atoms with Crippen molar-refractivity contribution in [3.05, 3.63) is 0 Å². The molecule has 0 aromatic rings. The van der Waals surface area contributed by atoms with Crippen LogP contribution in [-0.4, -0.2) is 16.4 Å². The Hall–Kier alpha value is 1.31. The Kier molecular flexibility index (Phi) is 36.9. The average Bonchev–Trinajstić information content (AvgIpc) is 2.96. The Labute approximate surface area is 273 Å². The zero-order chi connectivity index (χ0) is 30.0. The highest BCUT2D eigenvalue weighted by atomic mass is 33.2. The molecule has 0 unspecified atom stereocenters. The molecular formula is C36H75OPS3. The van der Waals surface area contributed by atoms with Crippen LogP contribution in [0.1, 0.15) is 219 Å². The third-order valence-corrected chi connectivity index (χ3v) is 16.9. The minimum Gasteiger partial charge on any atom is -0.350 e. The second kappa shape index (κ2) is 35.8. The van der Waals surface area contributed by atoms with Gasteiger partial charge in [0, 0.05) is 11.5 Å². The van der Waals surface area contributed by atoms with E-state index < -0.39 is 4.67 Å². The lowest BCUT2D eigenvalue weighted by molar-refractivity contribution is 0.531. The number of unbranched alkanes of at least 4 members (excludes halogenated alkanes) is 30. The first kappa shape index (κ1) is 42.3. The van der Waals surface area contributed by atoms with Crippen molar-refractivity contribution in [2.75, 3.05) is 11.5 Å². The Balaban J connectivity index is 3.26. The first-order valence-electron chi connectivity index (χ1n) is 18.7. The molecule has 0 bridgehead atoms. The van der Waals surface area contributed by atoms with Gasteiger partial charge in [0.25, 0.3) is 0 Å². The van der Waals surface area contributed by atoms with E-state index in [4.69, 9.17) is 11.8 Å². The van der Waals surface area contributed by atoms with Gasteiger partial charge in [0.1, 0.15) is 0 Å². The van der Waals surface area contributed by atoms with Crippen molar-refractivity contribution in [3.63, 3.8) is 0 Å². The molecule has 248 valence electrons. The number of hydrogen-bond donors (Lipinski definition) is 1. The van der Waals surface area contributed by atoms with Crippen molar-refractivity contribution >= 4 is 39.2 Å². The molecule has 0 heterocycles. The van der Waals surface area contributed by atoms with Gasteiger partial charge < -0.3 is 4.89 Å². The average molecular weight is 651 g/mol. The van der Waals surface area contributed by atoms with Crippen molar-refractivity contribution < 1.29 is 4.89 Å². The molecule has 0 saturated carbocycles. The highest BCUT2D eigenvalue weighted by Gasteiger charge is 2.13. The van der Waals surface area contributed by atoms with E-state index in [2.05, 4.69) is 13.8 Å². The van der Waals surface area contributed by atoms with Crippen LogP contribution in [0.15, 0.2) is 0 Å². The summed E-state index contributed by atoms with van der Waals surface area (Å²) in [5.41, 5.74) is 0. The van der Waals surface area contributed by atoms with E-state index in [0.717, 1.165) is 11.5 Å². The second-order valence-corrected chi connectivity index (χ2v) is 23.4. The normalized spacial score (nSPS) is 12.0. The van der Waals surface area contributed by atoms with E-state index in [-0.39, 0.29) is 0 Å². The third-order valence-electron chi connectivity index (χ3n) is 8.50. The van der Waals surface area contributed by atoms with Gasteiger partial charge in [-0.05, 0) is 24.6 Å². The van der Waals surface area contributed by atoms with Crippen LogP contribution in [-0.2, 0) is 11.8 Å². The molecule has 1 N–H and O–H groups in total. The van der Waals surface area contributed by atoms with Crippen LogP contribution >= 0.6 is 27.4 Å². The van der Waals surface area contributed by atoms with E-state index in [1.807, 2.05) is 0 Å². The quantitative estimate of drug-likeness (QED) is 0.0537. The van der Waals surface area contributed by atoms with Crippen LogP contribution < -0.4 is 0 Å². The zero-order valence-electron chi connectivity index (χ0n) is 28.2. The smallest absolute Gasteiger partial charge is 0.172 e. The zero-order valence-corrected chi connectivity index (χ0v) is 31.5. The van der Waals surface area contributed by atoms with Gasteiger partial charge in [-0.25, -0.2) is 0 Å². The first-order valence-corrected chi connectivity index (χ1v) is 24.7. The monoisotopic (exact) mass is 650 g/mol. The Morgan fingerprint density at radius 3 is 0.707 bits per heavy atom. The fraction of sp³-hybridized carbons (Fsp3) is 1.00. The van der Waals surface area contributed by atoms with Gasteiger partial charge in [0.15, 0.2) is 4.67 Å². The van der Waals surface area contributed by atoms with Gasteiger partial charge in [-0.15, -0.1) is 0 Å². The second-order valence-electron chi connectivity index (χ2n) is 12.7. The lowest BCUT2D eigenvalue weighted by Gasteiger charge is -2.13. The van der Waals surface area contributed by atoms with Crippen molar-refractivity contribution in [2.45, 2.75) is 219 Å². The lowest BCUT2D eigenvalue weighted by atomic mass is 10.0. The van der Waals surface area contributed by atoms with E-state index in [9.17, 15) is 4.89 Å². The van der Waals surface area contributed by atoms with Crippen LogP contribution in [0.3, 0.4) is 0 Å². The van der Waals surface area contributed by atoms with Crippen LogP contribution in [0.4, 0.5) is 0 Å². The van der Waals surface area contributed by atoms with Gasteiger partial charge in [-0.1, -0.05) is 229 Å². The first-order chi connectivity index (χ1) is 20.1. The SMILES string of the molecule is CCCCCCCCCCCCCCCCCCSP(O)(=S)SCCCCCCCCCCCCCCCCCC. The van der Waals surface area contributed by atoms with E-state index in [1.165, 1.54) is 205 Å². The predicted molar refractivity (Wildman–Crippen MR) is 201 cm³/mol. The molecule has 41 heavy (non-hydrogen) atoms. The summed E-state index contributed by atoms with van der Waals surface area (Å²) in [5, 5.41) is 0. The highest BCUT2D eigenvalue weighted by Crippen LogP contribution is 2.66. The number of rotatable bonds is 36. The van der Waals surface area contributed by atoms with Crippen molar-refractivity contribution in [1.82, 2.24) is 0 Å². The van der Waals surface area contributed by atoms with Crippen LogP contribution in [0.25, 0.3) is 0 Å². The Morgan fingerprint density at radius 2 is 0.512 bits per heavy atom. The summed E-state index contributed by atoms with van der Waals surface area (Å²) >= 11 is 8.95. The lowest BCUT2D eigenvalue weighted by Crippen LogP contribution is -1.86.